The maximum atomic E-state index is 13.5. The summed E-state index contributed by atoms with van der Waals surface area (Å²) in [5.41, 5.74) is 3.99. The Balaban J connectivity index is 1.63. The van der Waals surface area contributed by atoms with Crippen LogP contribution in [0.2, 0.25) is 0 Å². The minimum absolute atomic E-state index is 0.0791. The number of anilines is 1. The van der Waals surface area contributed by atoms with Crippen molar-refractivity contribution in [2.45, 2.75) is 25.7 Å². The number of carbonyl (C=O) groups excluding carboxylic acids is 1. The number of amides is 1. The highest BCUT2D eigenvalue weighted by atomic mass is 16.3. The van der Waals surface area contributed by atoms with Gasteiger partial charge in [-0.05, 0) is 24.3 Å². The van der Waals surface area contributed by atoms with Gasteiger partial charge in [-0.3, -0.25) is 9.48 Å². The normalized spacial score (nSPS) is 15.2. The molecule has 1 atom stereocenters. The predicted molar refractivity (Wildman–Crippen MR) is 119 cm³/mol. The van der Waals surface area contributed by atoms with Crippen molar-refractivity contribution < 1.29 is 9.21 Å². The van der Waals surface area contributed by atoms with Crippen molar-refractivity contribution in [2.75, 3.05) is 5.32 Å². The minimum atomic E-state index is -0.450. The summed E-state index contributed by atoms with van der Waals surface area (Å²) < 4.78 is 7.33. The Morgan fingerprint density at radius 1 is 1.06 bits per heavy atom. The molecule has 1 aliphatic heterocycles. The number of nitrogens with zero attached hydrogens (tertiary/aromatic N) is 4. The summed E-state index contributed by atoms with van der Waals surface area (Å²) in [5, 5.41) is 17.3. The second-order valence-electron chi connectivity index (χ2n) is 7.58. The van der Waals surface area contributed by atoms with Gasteiger partial charge in [0.05, 0.1) is 43.1 Å². The molecule has 3 heterocycles. The van der Waals surface area contributed by atoms with Crippen molar-refractivity contribution >= 4 is 11.6 Å². The van der Waals surface area contributed by atoms with Crippen LogP contribution in [-0.2, 0) is 13.1 Å². The van der Waals surface area contributed by atoms with Gasteiger partial charge in [0.1, 0.15) is 11.9 Å². The van der Waals surface area contributed by atoms with Crippen molar-refractivity contribution in [3.63, 3.8) is 0 Å². The maximum Gasteiger partial charge on any atom is 0.258 e. The molecule has 5 rings (SSSR count). The van der Waals surface area contributed by atoms with E-state index < -0.39 is 6.17 Å². The van der Waals surface area contributed by atoms with Crippen molar-refractivity contribution in [2.24, 2.45) is 0 Å². The number of benzene rings is 2. The van der Waals surface area contributed by atoms with E-state index in [4.69, 9.17) is 14.8 Å². The zero-order valence-corrected chi connectivity index (χ0v) is 17.3. The van der Waals surface area contributed by atoms with E-state index in [1.807, 2.05) is 72.9 Å². The van der Waals surface area contributed by atoms with E-state index in [-0.39, 0.29) is 5.91 Å². The molecule has 0 aliphatic carbocycles. The fourth-order valence-electron chi connectivity index (χ4n) is 4.01. The highest BCUT2D eigenvalue weighted by Crippen LogP contribution is 2.38. The van der Waals surface area contributed by atoms with Crippen LogP contribution in [-0.4, -0.2) is 20.6 Å². The van der Waals surface area contributed by atoms with E-state index in [0.717, 1.165) is 22.5 Å². The van der Waals surface area contributed by atoms with E-state index in [1.54, 1.807) is 15.8 Å². The number of fused-ring (bicyclic) bond motifs is 1. The number of carbonyl (C=O) groups is 1. The molecule has 4 aromatic rings. The predicted octanol–water partition coefficient (Wildman–Crippen LogP) is 4.82. The standard InChI is InChI=1S/C25H21N5O2/c26-13-7-14-29-17-21(23(28-29)18-8-2-1-3-9-18)24-27-22-12-5-4-11-20(22)25(31)30(24)16-19-10-6-15-32-19/h1-6,8-12,15,17,24,27H,7,14,16H2. The lowest BCUT2D eigenvalue weighted by molar-refractivity contribution is 0.0652. The van der Waals surface area contributed by atoms with Crippen LogP contribution in [0.15, 0.2) is 83.6 Å². The minimum Gasteiger partial charge on any atom is -0.467 e. The molecule has 0 saturated carbocycles. The van der Waals surface area contributed by atoms with Crippen LogP contribution in [0.1, 0.15) is 34.3 Å². The van der Waals surface area contributed by atoms with E-state index in [9.17, 15) is 4.79 Å². The summed E-state index contributed by atoms with van der Waals surface area (Å²) in [6.07, 6.45) is 3.43. The molecular formula is C25H21N5O2. The average molecular weight is 423 g/mol. The molecule has 7 nitrogen and oxygen atoms in total. The van der Waals surface area contributed by atoms with Crippen LogP contribution < -0.4 is 5.32 Å². The second-order valence-corrected chi connectivity index (χ2v) is 7.58. The van der Waals surface area contributed by atoms with Crippen LogP contribution in [0.3, 0.4) is 0 Å². The smallest absolute Gasteiger partial charge is 0.258 e. The van der Waals surface area contributed by atoms with Gasteiger partial charge >= 0.3 is 0 Å². The number of hydrogen-bond acceptors (Lipinski definition) is 5. The summed E-state index contributed by atoms with van der Waals surface area (Å²) in [4.78, 5) is 15.3. The first kappa shape index (κ1) is 19.6. The SMILES string of the molecule is N#CCCn1cc(C2Nc3ccccc3C(=O)N2Cc2ccco2)c(-c2ccccc2)n1. The molecule has 0 saturated heterocycles. The zero-order chi connectivity index (χ0) is 21.9. The zero-order valence-electron chi connectivity index (χ0n) is 17.3. The molecule has 158 valence electrons. The molecule has 0 radical (unpaired) electrons. The van der Waals surface area contributed by atoms with E-state index >= 15 is 0 Å². The van der Waals surface area contributed by atoms with Gasteiger partial charge in [-0.15, -0.1) is 0 Å². The Bertz CT molecular complexity index is 1270. The van der Waals surface area contributed by atoms with Gasteiger partial charge in [0.2, 0.25) is 0 Å². The summed E-state index contributed by atoms with van der Waals surface area (Å²) in [5.74, 6) is 0.618. The molecule has 32 heavy (non-hydrogen) atoms. The fourth-order valence-corrected chi connectivity index (χ4v) is 4.01. The topological polar surface area (TPSA) is 87.1 Å². The number of nitrogens with one attached hydrogen (secondary N) is 1. The van der Waals surface area contributed by atoms with E-state index in [2.05, 4.69) is 11.4 Å². The number of nitriles is 1. The summed E-state index contributed by atoms with van der Waals surface area (Å²) in [7, 11) is 0. The second kappa shape index (κ2) is 8.44. The highest BCUT2D eigenvalue weighted by Gasteiger charge is 2.35. The van der Waals surface area contributed by atoms with Gasteiger partial charge in [0.15, 0.2) is 0 Å². The summed E-state index contributed by atoms with van der Waals surface area (Å²) in [6.45, 7) is 0.793. The molecule has 7 heteroatoms. The molecule has 0 spiro atoms. The number of aryl methyl sites for hydroxylation is 1. The number of hydrogen-bond donors (Lipinski definition) is 1. The lowest BCUT2D eigenvalue weighted by Crippen LogP contribution is -2.42. The molecule has 2 aromatic carbocycles. The Kier molecular flexibility index (Phi) is 5.18. The third kappa shape index (κ3) is 3.63. The average Bonchev–Trinajstić information content (AvgIpc) is 3.50. The van der Waals surface area contributed by atoms with Crippen LogP contribution >= 0.6 is 0 Å². The first-order valence-corrected chi connectivity index (χ1v) is 10.4. The molecule has 2 aromatic heterocycles. The van der Waals surface area contributed by atoms with Gasteiger partial charge in [-0.2, -0.15) is 10.4 Å². The summed E-state index contributed by atoms with van der Waals surface area (Å²) >= 11 is 0. The van der Waals surface area contributed by atoms with Gasteiger partial charge in [0.25, 0.3) is 5.91 Å². The molecule has 1 amide bonds. The molecule has 0 bridgehead atoms. The first-order chi connectivity index (χ1) is 15.7. The highest BCUT2D eigenvalue weighted by molar-refractivity contribution is 6.01. The van der Waals surface area contributed by atoms with Crippen LogP contribution in [0.5, 0.6) is 0 Å². The maximum absolute atomic E-state index is 13.5. The van der Waals surface area contributed by atoms with E-state index in [1.165, 1.54) is 0 Å². The van der Waals surface area contributed by atoms with Crippen molar-refractivity contribution in [3.8, 4) is 17.3 Å². The fraction of sp³-hybridized carbons (Fsp3) is 0.160. The molecular weight excluding hydrogens is 402 g/mol. The Labute approximate surface area is 185 Å². The van der Waals surface area contributed by atoms with E-state index in [0.29, 0.717) is 30.8 Å². The Morgan fingerprint density at radius 2 is 1.88 bits per heavy atom. The molecule has 1 aliphatic rings. The van der Waals surface area contributed by atoms with Gasteiger partial charge in [-0.25, -0.2) is 0 Å². The molecule has 0 fully saturated rings. The molecule has 1 N–H and O–H groups in total. The first-order valence-electron chi connectivity index (χ1n) is 10.4. The quantitative estimate of drug-likeness (QED) is 0.480. The van der Waals surface area contributed by atoms with Gasteiger partial charge < -0.3 is 14.6 Å². The lowest BCUT2D eigenvalue weighted by Gasteiger charge is -2.37. The number of furan rings is 1. The van der Waals surface area contributed by atoms with Gasteiger partial charge in [-0.1, -0.05) is 42.5 Å². The van der Waals surface area contributed by atoms with Crippen molar-refractivity contribution in [3.05, 3.63) is 96.1 Å². The number of para-hydroxylation sites is 1. The third-order valence-electron chi connectivity index (χ3n) is 5.51. The summed E-state index contributed by atoms with van der Waals surface area (Å²) in [6, 6.07) is 23.2. The van der Waals surface area contributed by atoms with Crippen LogP contribution in [0.25, 0.3) is 11.3 Å². The number of aromatic nitrogens is 2. The largest absolute Gasteiger partial charge is 0.467 e. The van der Waals surface area contributed by atoms with Gasteiger partial charge in [0, 0.05) is 23.0 Å². The Hall–Kier alpha value is -4.31. The van der Waals surface area contributed by atoms with Crippen LogP contribution in [0.4, 0.5) is 5.69 Å². The number of rotatable bonds is 6. The third-order valence-corrected chi connectivity index (χ3v) is 5.51. The van der Waals surface area contributed by atoms with Crippen molar-refractivity contribution in [1.29, 1.82) is 5.26 Å². The molecule has 1 unspecified atom stereocenters. The van der Waals surface area contributed by atoms with Crippen LogP contribution in [0, 0.1) is 11.3 Å². The lowest BCUT2D eigenvalue weighted by atomic mass is 10.0. The Morgan fingerprint density at radius 3 is 2.66 bits per heavy atom. The monoisotopic (exact) mass is 423 g/mol. The van der Waals surface area contributed by atoms with Crippen molar-refractivity contribution in [1.82, 2.24) is 14.7 Å².